The number of carbonyl (C=O) groups is 1. The van der Waals surface area contributed by atoms with Gasteiger partial charge in [0, 0.05) is 11.6 Å². The molecule has 0 aliphatic carbocycles. The Balaban J connectivity index is 2.63. The Morgan fingerprint density at radius 1 is 1.25 bits per heavy atom. The van der Waals surface area contributed by atoms with Crippen LogP contribution in [0, 0.1) is 10.1 Å². The summed E-state index contributed by atoms with van der Waals surface area (Å²) in [5.41, 5.74) is 0.969. The van der Waals surface area contributed by atoms with Crippen molar-refractivity contribution in [2.75, 3.05) is 7.11 Å². The maximum atomic E-state index is 11.0. The molecule has 0 aliphatic heterocycles. The lowest BCUT2D eigenvalue weighted by Gasteiger charge is -2.09. The third kappa shape index (κ3) is 2.44. The summed E-state index contributed by atoms with van der Waals surface area (Å²) < 4.78 is 5.10. The number of rotatable bonds is 4. The number of nitro groups is 1. The fourth-order valence-electron chi connectivity index (χ4n) is 1.93. The Hall–Kier alpha value is -2.89. The summed E-state index contributed by atoms with van der Waals surface area (Å²) in [6.45, 7) is 0. The average Bonchev–Trinajstić information content (AvgIpc) is 2.46. The van der Waals surface area contributed by atoms with Crippen LogP contribution in [0.3, 0.4) is 0 Å². The molecule has 2 aromatic carbocycles. The van der Waals surface area contributed by atoms with Crippen molar-refractivity contribution in [1.82, 2.24) is 0 Å². The smallest absolute Gasteiger partial charge is 0.335 e. The maximum Gasteiger partial charge on any atom is 0.335 e. The monoisotopic (exact) mass is 273 g/mol. The van der Waals surface area contributed by atoms with Gasteiger partial charge < -0.3 is 9.84 Å². The van der Waals surface area contributed by atoms with Gasteiger partial charge in [-0.05, 0) is 17.7 Å². The van der Waals surface area contributed by atoms with E-state index in [2.05, 4.69) is 0 Å². The average molecular weight is 273 g/mol. The first-order valence-corrected chi connectivity index (χ1v) is 5.69. The molecule has 0 unspecified atom stereocenters. The van der Waals surface area contributed by atoms with Crippen molar-refractivity contribution in [3.8, 4) is 16.9 Å². The zero-order valence-electron chi connectivity index (χ0n) is 10.6. The number of benzene rings is 2. The first-order chi connectivity index (χ1) is 9.54. The van der Waals surface area contributed by atoms with E-state index < -0.39 is 10.9 Å². The van der Waals surface area contributed by atoms with Crippen LogP contribution in [0.25, 0.3) is 11.1 Å². The van der Waals surface area contributed by atoms with Gasteiger partial charge in [0.15, 0.2) is 0 Å². The molecule has 0 saturated heterocycles. The van der Waals surface area contributed by atoms with E-state index in [1.54, 1.807) is 18.2 Å². The molecule has 2 rings (SSSR count). The van der Waals surface area contributed by atoms with Gasteiger partial charge in [-0.3, -0.25) is 10.1 Å². The maximum absolute atomic E-state index is 11.0. The molecule has 0 saturated carbocycles. The number of methoxy groups -OCH3 is 1. The number of nitrogens with zero attached hydrogens (tertiary/aromatic N) is 1. The van der Waals surface area contributed by atoms with Gasteiger partial charge in [0.1, 0.15) is 0 Å². The Bertz CT molecular complexity index is 681. The van der Waals surface area contributed by atoms with Gasteiger partial charge in [-0.25, -0.2) is 4.79 Å². The molecular weight excluding hydrogens is 262 g/mol. The fourth-order valence-corrected chi connectivity index (χ4v) is 1.93. The summed E-state index contributed by atoms with van der Waals surface area (Å²) in [5.74, 6) is -0.948. The summed E-state index contributed by atoms with van der Waals surface area (Å²) in [7, 11) is 1.34. The molecule has 6 heteroatoms. The van der Waals surface area contributed by atoms with Gasteiger partial charge >= 0.3 is 11.7 Å². The molecule has 0 radical (unpaired) electrons. The molecular formula is C14H11NO5. The van der Waals surface area contributed by atoms with Crippen molar-refractivity contribution in [3.63, 3.8) is 0 Å². The first kappa shape index (κ1) is 13.5. The zero-order chi connectivity index (χ0) is 14.7. The number of nitro benzene ring substituents is 1. The minimum Gasteiger partial charge on any atom is -0.490 e. The highest BCUT2D eigenvalue weighted by Gasteiger charge is 2.19. The second kappa shape index (κ2) is 5.40. The van der Waals surface area contributed by atoms with Crippen molar-refractivity contribution in [2.24, 2.45) is 0 Å². The molecule has 0 amide bonds. The molecule has 2 aromatic rings. The number of carboxylic acid groups (broad SMARTS) is 1. The molecule has 1 N–H and O–H groups in total. The predicted molar refractivity (Wildman–Crippen MR) is 72.0 cm³/mol. The van der Waals surface area contributed by atoms with Gasteiger partial charge in [-0.2, -0.15) is 0 Å². The molecule has 102 valence electrons. The van der Waals surface area contributed by atoms with Crippen LogP contribution in [0.1, 0.15) is 10.4 Å². The highest BCUT2D eigenvalue weighted by atomic mass is 16.6. The summed E-state index contributed by atoms with van der Waals surface area (Å²) in [6, 6.07) is 10.7. The van der Waals surface area contributed by atoms with Crippen LogP contribution in [0.4, 0.5) is 5.69 Å². The normalized spacial score (nSPS) is 10.1. The lowest BCUT2D eigenvalue weighted by atomic mass is 10.0. The molecule has 0 bridgehead atoms. The second-order valence-electron chi connectivity index (χ2n) is 4.00. The third-order valence-electron chi connectivity index (χ3n) is 2.82. The summed E-state index contributed by atoms with van der Waals surface area (Å²) >= 11 is 0. The van der Waals surface area contributed by atoms with E-state index >= 15 is 0 Å². The quantitative estimate of drug-likeness (QED) is 0.683. The topological polar surface area (TPSA) is 89.7 Å². The van der Waals surface area contributed by atoms with Crippen LogP contribution < -0.4 is 4.74 Å². The van der Waals surface area contributed by atoms with Gasteiger partial charge in [-0.1, -0.05) is 24.3 Å². The van der Waals surface area contributed by atoms with Crippen LogP contribution in [-0.4, -0.2) is 23.1 Å². The van der Waals surface area contributed by atoms with Crippen molar-refractivity contribution < 1.29 is 19.6 Å². The van der Waals surface area contributed by atoms with Crippen LogP contribution >= 0.6 is 0 Å². The van der Waals surface area contributed by atoms with Crippen LogP contribution in [0.15, 0.2) is 42.5 Å². The van der Waals surface area contributed by atoms with E-state index in [1.165, 1.54) is 31.4 Å². The summed E-state index contributed by atoms with van der Waals surface area (Å²) in [6.07, 6.45) is 0. The standard InChI is InChI=1S/C14H11NO5/c1-20-13-11(6-3-7-12(13)15(18)19)9-4-2-5-10(8-9)14(16)17/h2-8H,1H3,(H,16,17). The number of ether oxygens (including phenoxy) is 1. The summed E-state index contributed by atoms with van der Waals surface area (Å²) in [5, 5.41) is 20.0. The minimum absolute atomic E-state index is 0.107. The number of hydrogen-bond acceptors (Lipinski definition) is 4. The molecule has 0 aromatic heterocycles. The lowest BCUT2D eigenvalue weighted by molar-refractivity contribution is -0.385. The Kier molecular flexibility index (Phi) is 3.65. The largest absolute Gasteiger partial charge is 0.490 e. The van der Waals surface area contributed by atoms with Gasteiger partial charge in [0.25, 0.3) is 0 Å². The van der Waals surface area contributed by atoms with Crippen molar-refractivity contribution in [2.45, 2.75) is 0 Å². The molecule has 0 fully saturated rings. The highest BCUT2D eigenvalue weighted by Crippen LogP contribution is 2.37. The molecule has 0 spiro atoms. The lowest BCUT2D eigenvalue weighted by Crippen LogP contribution is -1.98. The molecule has 6 nitrogen and oxygen atoms in total. The zero-order valence-corrected chi connectivity index (χ0v) is 10.6. The Morgan fingerprint density at radius 3 is 2.55 bits per heavy atom. The predicted octanol–water partition coefficient (Wildman–Crippen LogP) is 2.97. The fraction of sp³-hybridized carbons (Fsp3) is 0.0714. The molecule has 20 heavy (non-hydrogen) atoms. The summed E-state index contributed by atoms with van der Waals surface area (Å²) in [4.78, 5) is 21.4. The molecule has 0 atom stereocenters. The van der Waals surface area contributed by atoms with Gasteiger partial charge in [0.05, 0.1) is 17.6 Å². The van der Waals surface area contributed by atoms with E-state index in [0.717, 1.165) is 0 Å². The van der Waals surface area contributed by atoms with Gasteiger partial charge in [0.2, 0.25) is 5.75 Å². The van der Waals surface area contributed by atoms with E-state index in [0.29, 0.717) is 11.1 Å². The number of carboxylic acids is 1. The van der Waals surface area contributed by atoms with E-state index in [1.807, 2.05) is 0 Å². The van der Waals surface area contributed by atoms with E-state index in [9.17, 15) is 14.9 Å². The number of hydrogen-bond donors (Lipinski definition) is 1. The number of aromatic carboxylic acids is 1. The van der Waals surface area contributed by atoms with Crippen molar-refractivity contribution in [1.29, 1.82) is 0 Å². The van der Waals surface area contributed by atoms with Crippen LogP contribution in [0.2, 0.25) is 0 Å². The Morgan fingerprint density at radius 2 is 1.95 bits per heavy atom. The molecule has 0 heterocycles. The Labute approximate surface area is 114 Å². The SMILES string of the molecule is COc1c(-c2cccc(C(=O)O)c2)cccc1[N+](=O)[O-]. The molecule has 0 aliphatic rings. The minimum atomic E-state index is -1.06. The first-order valence-electron chi connectivity index (χ1n) is 5.69. The van der Waals surface area contributed by atoms with Crippen LogP contribution in [-0.2, 0) is 0 Å². The highest BCUT2D eigenvalue weighted by molar-refractivity contribution is 5.90. The van der Waals surface area contributed by atoms with Crippen molar-refractivity contribution in [3.05, 3.63) is 58.1 Å². The van der Waals surface area contributed by atoms with E-state index in [4.69, 9.17) is 9.84 Å². The van der Waals surface area contributed by atoms with Gasteiger partial charge in [-0.15, -0.1) is 0 Å². The second-order valence-corrected chi connectivity index (χ2v) is 4.00. The number of para-hydroxylation sites is 1. The van der Waals surface area contributed by atoms with E-state index in [-0.39, 0.29) is 17.0 Å². The van der Waals surface area contributed by atoms with Crippen molar-refractivity contribution >= 4 is 11.7 Å². The van der Waals surface area contributed by atoms with Crippen LogP contribution in [0.5, 0.6) is 5.75 Å². The third-order valence-corrected chi connectivity index (χ3v) is 2.82.